The molecule has 0 aromatic carbocycles. The van der Waals surface area contributed by atoms with Gasteiger partial charge in [-0.2, -0.15) is 0 Å². The van der Waals surface area contributed by atoms with Crippen molar-refractivity contribution in [2.45, 2.75) is 63.4 Å². The molecule has 1 N–H and O–H groups in total. The normalized spacial score (nSPS) is 27.3. The Labute approximate surface area is 118 Å². The summed E-state index contributed by atoms with van der Waals surface area (Å²) >= 11 is 0. The van der Waals surface area contributed by atoms with Crippen molar-refractivity contribution in [2.24, 2.45) is 0 Å². The summed E-state index contributed by atoms with van der Waals surface area (Å²) in [6.45, 7) is 4.00. The minimum atomic E-state index is -4.51. The molecule has 1 atom stereocenters. The number of halogens is 3. The number of nitrogens with zero attached hydrogens (tertiary/aromatic N) is 1. The van der Waals surface area contributed by atoms with Crippen molar-refractivity contribution in [3.63, 3.8) is 0 Å². The topological polar surface area (TPSA) is 24.5 Å². The highest BCUT2D eigenvalue weighted by atomic mass is 19.4. The molecule has 1 saturated heterocycles. The quantitative estimate of drug-likeness (QED) is 0.844. The summed E-state index contributed by atoms with van der Waals surface area (Å²) < 4.78 is 40.3. The van der Waals surface area contributed by atoms with E-state index < -0.39 is 6.36 Å². The maximum atomic E-state index is 12.1. The zero-order valence-electron chi connectivity index (χ0n) is 12.1. The van der Waals surface area contributed by atoms with Gasteiger partial charge in [-0.05, 0) is 19.3 Å². The van der Waals surface area contributed by atoms with Gasteiger partial charge in [-0.3, -0.25) is 9.64 Å². The van der Waals surface area contributed by atoms with Crippen LogP contribution in [0.1, 0.15) is 45.4 Å². The number of hydrogen-bond acceptors (Lipinski definition) is 3. The van der Waals surface area contributed by atoms with Crippen LogP contribution in [0.4, 0.5) is 13.2 Å². The number of alkyl halides is 3. The predicted molar refractivity (Wildman–Crippen MR) is 71.5 cm³/mol. The zero-order chi connectivity index (χ0) is 14.6. The standard InChI is InChI=1S/C14H25F3N2O/c1-2-5-12-10-19(8-9-20-14(15,16)17)13(11-18-12)6-3-4-7-13/h12,18H,2-11H2,1H3. The third-order valence-corrected chi connectivity index (χ3v) is 4.63. The lowest BCUT2D eigenvalue weighted by Gasteiger charge is -2.48. The van der Waals surface area contributed by atoms with Crippen LogP contribution in [0.25, 0.3) is 0 Å². The minimum Gasteiger partial charge on any atom is -0.311 e. The molecule has 2 aliphatic rings. The molecular weight excluding hydrogens is 269 g/mol. The molecule has 0 bridgehead atoms. The SMILES string of the molecule is CCCC1CN(CCOC(F)(F)F)C2(CCCC2)CN1. The molecule has 3 nitrogen and oxygen atoms in total. The number of ether oxygens (including phenoxy) is 1. The van der Waals surface area contributed by atoms with Crippen molar-refractivity contribution in [1.82, 2.24) is 10.2 Å². The first kappa shape index (κ1) is 16.0. The van der Waals surface area contributed by atoms with E-state index in [0.717, 1.165) is 38.8 Å². The van der Waals surface area contributed by atoms with Crippen LogP contribution in [0.15, 0.2) is 0 Å². The Morgan fingerprint density at radius 1 is 1.30 bits per heavy atom. The lowest BCUT2D eigenvalue weighted by Crippen LogP contribution is -2.64. The summed E-state index contributed by atoms with van der Waals surface area (Å²) in [5, 5.41) is 3.58. The monoisotopic (exact) mass is 294 g/mol. The number of nitrogens with one attached hydrogen (secondary N) is 1. The first-order valence-corrected chi connectivity index (χ1v) is 7.64. The summed E-state index contributed by atoms with van der Waals surface area (Å²) in [5.74, 6) is 0. The van der Waals surface area contributed by atoms with Gasteiger partial charge in [-0.25, -0.2) is 0 Å². The third kappa shape index (κ3) is 4.09. The van der Waals surface area contributed by atoms with E-state index in [9.17, 15) is 13.2 Å². The van der Waals surface area contributed by atoms with E-state index in [2.05, 4.69) is 21.9 Å². The van der Waals surface area contributed by atoms with Gasteiger partial charge in [0.15, 0.2) is 0 Å². The van der Waals surface area contributed by atoms with E-state index in [1.165, 1.54) is 12.8 Å². The second kappa shape index (κ2) is 6.62. The molecule has 1 saturated carbocycles. The molecule has 2 rings (SSSR count). The highest BCUT2D eigenvalue weighted by molar-refractivity contribution is 5.01. The average molecular weight is 294 g/mol. The van der Waals surface area contributed by atoms with Crippen LogP contribution in [0.3, 0.4) is 0 Å². The second-order valence-corrected chi connectivity index (χ2v) is 6.04. The van der Waals surface area contributed by atoms with E-state index in [0.29, 0.717) is 12.6 Å². The fraction of sp³-hybridized carbons (Fsp3) is 1.00. The van der Waals surface area contributed by atoms with Crippen LogP contribution in [0.5, 0.6) is 0 Å². The fourth-order valence-electron chi connectivity index (χ4n) is 3.64. The molecule has 0 radical (unpaired) electrons. The molecule has 1 unspecified atom stereocenters. The average Bonchev–Trinajstić information content (AvgIpc) is 2.82. The molecule has 1 spiro atoms. The van der Waals surface area contributed by atoms with Gasteiger partial charge in [0.1, 0.15) is 0 Å². The summed E-state index contributed by atoms with van der Waals surface area (Å²) in [4.78, 5) is 2.25. The van der Waals surface area contributed by atoms with Crippen molar-refractivity contribution in [3.8, 4) is 0 Å². The molecule has 20 heavy (non-hydrogen) atoms. The lowest BCUT2D eigenvalue weighted by atomic mass is 9.90. The van der Waals surface area contributed by atoms with E-state index in [1.54, 1.807) is 0 Å². The van der Waals surface area contributed by atoms with Gasteiger partial charge in [-0.1, -0.05) is 26.2 Å². The van der Waals surface area contributed by atoms with Crippen molar-refractivity contribution in [3.05, 3.63) is 0 Å². The van der Waals surface area contributed by atoms with E-state index in [4.69, 9.17) is 0 Å². The van der Waals surface area contributed by atoms with Gasteiger partial charge in [0.25, 0.3) is 0 Å². The largest absolute Gasteiger partial charge is 0.522 e. The Kier molecular flexibility index (Phi) is 5.31. The highest BCUT2D eigenvalue weighted by Gasteiger charge is 2.43. The van der Waals surface area contributed by atoms with Crippen LogP contribution in [0, 0.1) is 0 Å². The van der Waals surface area contributed by atoms with Gasteiger partial charge in [0.05, 0.1) is 6.61 Å². The first-order chi connectivity index (χ1) is 9.45. The maximum absolute atomic E-state index is 12.1. The fourth-order valence-corrected chi connectivity index (χ4v) is 3.64. The molecular formula is C14H25F3N2O. The van der Waals surface area contributed by atoms with Crippen molar-refractivity contribution in [1.29, 1.82) is 0 Å². The summed E-state index contributed by atoms with van der Waals surface area (Å²) in [6.07, 6.45) is 2.19. The molecule has 1 heterocycles. The van der Waals surface area contributed by atoms with Gasteiger partial charge in [0.2, 0.25) is 0 Å². The van der Waals surface area contributed by atoms with Gasteiger partial charge in [0, 0.05) is 31.2 Å². The molecule has 0 aromatic heterocycles. The van der Waals surface area contributed by atoms with Crippen molar-refractivity contribution in [2.75, 3.05) is 26.2 Å². The number of rotatable bonds is 5. The van der Waals surface area contributed by atoms with Crippen molar-refractivity contribution >= 4 is 0 Å². The van der Waals surface area contributed by atoms with E-state index in [-0.39, 0.29) is 12.1 Å². The van der Waals surface area contributed by atoms with Crippen LogP contribution in [-0.2, 0) is 4.74 Å². The third-order valence-electron chi connectivity index (χ3n) is 4.63. The second-order valence-electron chi connectivity index (χ2n) is 6.04. The molecule has 2 fully saturated rings. The van der Waals surface area contributed by atoms with Gasteiger partial charge < -0.3 is 5.32 Å². The molecule has 1 aliphatic heterocycles. The Balaban J connectivity index is 1.91. The Hall–Kier alpha value is -0.330. The Morgan fingerprint density at radius 3 is 2.60 bits per heavy atom. The van der Waals surface area contributed by atoms with E-state index >= 15 is 0 Å². The maximum Gasteiger partial charge on any atom is 0.522 e. The van der Waals surface area contributed by atoms with Crippen LogP contribution < -0.4 is 5.32 Å². The molecule has 118 valence electrons. The minimum absolute atomic E-state index is 0.0687. The van der Waals surface area contributed by atoms with Crippen LogP contribution >= 0.6 is 0 Å². The summed E-state index contributed by atoms with van der Waals surface area (Å²) in [5.41, 5.74) is 0.0687. The smallest absolute Gasteiger partial charge is 0.311 e. The summed E-state index contributed by atoms with van der Waals surface area (Å²) in [7, 11) is 0. The predicted octanol–water partition coefficient (Wildman–Crippen LogP) is 2.91. The number of hydrogen-bond donors (Lipinski definition) is 1. The number of piperazine rings is 1. The highest BCUT2D eigenvalue weighted by Crippen LogP contribution is 2.37. The van der Waals surface area contributed by atoms with Gasteiger partial charge >= 0.3 is 6.36 Å². The van der Waals surface area contributed by atoms with Crippen LogP contribution in [-0.4, -0.2) is 49.1 Å². The molecule has 0 aromatic rings. The summed E-state index contributed by atoms with van der Waals surface area (Å²) in [6, 6.07) is 0.400. The lowest BCUT2D eigenvalue weighted by molar-refractivity contribution is -0.325. The first-order valence-electron chi connectivity index (χ1n) is 7.64. The molecule has 0 amide bonds. The van der Waals surface area contributed by atoms with Gasteiger partial charge in [-0.15, -0.1) is 13.2 Å². The molecule has 1 aliphatic carbocycles. The Morgan fingerprint density at radius 2 is 2.00 bits per heavy atom. The molecule has 6 heteroatoms. The van der Waals surface area contributed by atoms with Crippen molar-refractivity contribution < 1.29 is 17.9 Å². The Bertz CT molecular complexity index is 303. The van der Waals surface area contributed by atoms with Crippen LogP contribution in [0.2, 0.25) is 0 Å². The zero-order valence-corrected chi connectivity index (χ0v) is 12.1. The van der Waals surface area contributed by atoms with E-state index in [1.807, 2.05) is 0 Å².